The Kier molecular flexibility index (Phi) is 3.12. The Labute approximate surface area is 119 Å². The second kappa shape index (κ2) is 4.94. The molecule has 0 radical (unpaired) electrons. The summed E-state index contributed by atoms with van der Waals surface area (Å²) in [7, 11) is 0. The largest absolute Gasteiger partial charge is 0.269 e. The fourth-order valence-corrected chi connectivity index (χ4v) is 2.26. The van der Waals surface area contributed by atoms with E-state index in [9.17, 15) is 10.1 Å². The second-order valence-corrected chi connectivity index (χ2v) is 4.87. The third-order valence-corrected chi connectivity index (χ3v) is 3.32. The van der Waals surface area contributed by atoms with Gasteiger partial charge in [-0.1, -0.05) is 23.7 Å². The monoisotopic (exact) mass is 287 g/mol. The third kappa shape index (κ3) is 2.35. The summed E-state index contributed by atoms with van der Waals surface area (Å²) in [5.74, 6) is 0. The van der Waals surface area contributed by atoms with Gasteiger partial charge in [-0.15, -0.1) is 0 Å². The number of halogens is 1. The minimum Gasteiger partial charge on any atom is -0.260 e. The summed E-state index contributed by atoms with van der Waals surface area (Å²) in [6, 6.07) is 12.1. The van der Waals surface area contributed by atoms with Gasteiger partial charge in [-0.05, 0) is 23.8 Å². The topological polar surface area (TPSA) is 61.0 Å². The number of hydrogen-bond donors (Lipinski definition) is 0. The van der Waals surface area contributed by atoms with E-state index in [4.69, 9.17) is 11.6 Å². The van der Waals surface area contributed by atoms with Gasteiger partial charge < -0.3 is 0 Å². The SMILES string of the molecule is O=[N+]([O-])c1ccc(Cn2ncc3cc(Cl)ccc32)cc1. The van der Waals surface area contributed by atoms with Crippen LogP contribution in [0.3, 0.4) is 0 Å². The summed E-state index contributed by atoms with van der Waals surface area (Å²) >= 11 is 5.93. The molecule has 2 aromatic carbocycles. The van der Waals surface area contributed by atoms with Gasteiger partial charge >= 0.3 is 0 Å². The Balaban J connectivity index is 1.91. The fraction of sp³-hybridized carbons (Fsp3) is 0.0714. The van der Waals surface area contributed by atoms with Crippen molar-refractivity contribution in [2.45, 2.75) is 6.54 Å². The van der Waals surface area contributed by atoms with Gasteiger partial charge in [-0.25, -0.2) is 0 Å². The average molecular weight is 288 g/mol. The molecule has 0 atom stereocenters. The van der Waals surface area contributed by atoms with Crippen LogP contribution in [-0.2, 0) is 6.54 Å². The Morgan fingerprint density at radius 3 is 2.65 bits per heavy atom. The predicted octanol–water partition coefficient (Wildman–Crippen LogP) is 3.65. The lowest BCUT2D eigenvalue weighted by Crippen LogP contribution is -2.01. The van der Waals surface area contributed by atoms with E-state index in [0.29, 0.717) is 11.6 Å². The van der Waals surface area contributed by atoms with Crippen LogP contribution in [0.5, 0.6) is 0 Å². The first-order chi connectivity index (χ1) is 9.63. The summed E-state index contributed by atoms with van der Waals surface area (Å²) in [6.45, 7) is 0.559. The van der Waals surface area contributed by atoms with Crippen molar-refractivity contribution >= 4 is 28.2 Å². The lowest BCUT2D eigenvalue weighted by Gasteiger charge is -2.04. The summed E-state index contributed by atoms with van der Waals surface area (Å²) in [4.78, 5) is 10.2. The van der Waals surface area contributed by atoms with Crippen LogP contribution in [0.4, 0.5) is 5.69 Å². The lowest BCUT2D eigenvalue weighted by molar-refractivity contribution is -0.384. The van der Waals surface area contributed by atoms with Crippen molar-refractivity contribution in [2.24, 2.45) is 0 Å². The molecule has 0 fully saturated rings. The number of rotatable bonds is 3. The zero-order valence-electron chi connectivity index (χ0n) is 10.4. The van der Waals surface area contributed by atoms with Crippen molar-refractivity contribution in [3.63, 3.8) is 0 Å². The highest BCUT2D eigenvalue weighted by molar-refractivity contribution is 6.31. The minimum atomic E-state index is -0.408. The molecule has 0 aliphatic rings. The molecule has 0 saturated heterocycles. The molecular weight excluding hydrogens is 278 g/mol. The maximum Gasteiger partial charge on any atom is 0.269 e. The van der Waals surface area contributed by atoms with Crippen LogP contribution in [0, 0.1) is 10.1 Å². The van der Waals surface area contributed by atoms with E-state index in [0.717, 1.165) is 16.5 Å². The zero-order chi connectivity index (χ0) is 14.1. The molecule has 0 bridgehead atoms. The first kappa shape index (κ1) is 12.6. The summed E-state index contributed by atoms with van der Waals surface area (Å²) in [5.41, 5.74) is 2.02. The lowest BCUT2D eigenvalue weighted by atomic mass is 10.2. The van der Waals surface area contributed by atoms with Gasteiger partial charge in [0.2, 0.25) is 0 Å². The first-order valence-electron chi connectivity index (χ1n) is 5.98. The van der Waals surface area contributed by atoms with E-state index in [-0.39, 0.29) is 5.69 Å². The molecule has 6 heteroatoms. The number of nitro benzene ring substituents is 1. The highest BCUT2D eigenvalue weighted by atomic mass is 35.5. The average Bonchev–Trinajstić information content (AvgIpc) is 2.81. The van der Waals surface area contributed by atoms with Gasteiger partial charge in [0.25, 0.3) is 5.69 Å². The third-order valence-electron chi connectivity index (χ3n) is 3.08. The van der Waals surface area contributed by atoms with E-state index >= 15 is 0 Å². The fourth-order valence-electron chi connectivity index (χ4n) is 2.08. The molecule has 100 valence electrons. The van der Waals surface area contributed by atoms with Crippen LogP contribution >= 0.6 is 11.6 Å². The maximum absolute atomic E-state index is 10.6. The smallest absolute Gasteiger partial charge is 0.260 e. The van der Waals surface area contributed by atoms with Crippen molar-refractivity contribution in [3.05, 3.63) is 69.4 Å². The Bertz CT molecular complexity index is 781. The Hall–Kier alpha value is -2.40. The standard InChI is InChI=1S/C14H10ClN3O2/c15-12-3-6-14-11(7-12)8-16-17(14)9-10-1-4-13(5-2-10)18(19)20/h1-8H,9H2. The molecular formula is C14H10ClN3O2. The Morgan fingerprint density at radius 1 is 1.20 bits per heavy atom. The number of nitrogens with zero attached hydrogens (tertiary/aromatic N) is 3. The Morgan fingerprint density at radius 2 is 1.95 bits per heavy atom. The number of nitro groups is 1. The quantitative estimate of drug-likeness (QED) is 0.546. The van der Waals surface area contributed by atoms with E-state index in [1.54, 1.807) is 18.3 Å². The maximum atomic E-state index is 10.6. The first-order valence-corrected chi connectivity index (χ1v) is 6.36. The molecule has 5 nitrogen and oxygen atoms in total. The molecule has 20 heavy (non-hydrogen) atoms. The highest BCUT2D eigenvalue weighted by Crippen LogP contribution is 2.20. The molecule has 0 amide bonds. The van der Waals surface area contributed by atoms with Crippen LogP contribution in [-0.4, -0.2) is 14.7 Å². The number of aromatic nitrogens is 2. The number of fused-ring (bicyclic) bond motifs is 1. The van der Waals surface area contributed by atoms with Crippen molar-refractivity contribution in [2.75, 3.05) is 0 Å². The molecule has 1 heterocycles. The van der Waals surface area contributed by atoms with Gasteiger partial charge in [0.05, 0.1) is 23.2 Å². The normalized spacial score (nSPS) is 10.8. The van der Waals surface area contributed by atoms with Crippen molar-refractivity contribution in [1.29, 1.82) is 0 Å². The summed E-state index contributed by atoms with van der Waals surface area (Å²) < 4.78 is 1.84. The molecule has 3 rings (SSSR count). The molecule has 0 N–H and O–H groups in total. The number of hydrogen-bond acceptors (Lipinski definition) is 3. The van der Waals surface area contributed by atoms with Gasteiger partial charge in [0.1, 0.15) is 0 Å². The second-order valence-electron chi connectivity index (χ2n) is 4.43. The molecule has 0 unspecified atom stereocenters. The van der Waals surface area contributed by atoms with Gasteiger partial charge in [0.15, 0.2) is 0 Å². The minimum absolute atomic E-state index is 0.0888. The van der Waals surface area contributed by atoms with Crippen molar-refractivity contribution in [3.8, 4) is 0 Å². The van der Waals surface area contributed by atoms with E-state index in [1.807, 2.05) is 22.9 Å². The van der Waals surface area contributed by atoms with Crippen molar-refractivity contribution in [1.82, 2.24) is 9.78 Å². The van der Waals surface area contributed by atoms with E-state index in [2.05, 4.69) is 5.10 Å². The molecule has 0 aliphatic heterocycles. The van der Waals surface area contributed by atoms with Gasteiger partial charge in [0, 0.05) is 22.5 Å². The van der Waals surface area contributed by atoms with Gasteiger partial charge in [-0.3, -0.25) is 14.8 Å². The van der Waals surface area contributed by atoms with Gasteiger partial charge in [-0.2, -0.15) is 5.10 Å². The summed E-state index contributed by atoms with van der Waals surface area (Å²) in [5, 5.41) is 16.6. The number of benzene rings is 2. The molecule has 0 spiro atoms. The highest BCUT2D eigenvalue weighted by Gasteiger charge is 2.07. The summed E-state index contributed by atoms with van der Waals surface area (Å²) in [6.07, 6.45) is 1.76. The molecule has 1 aromatic heterocycles. The molecule has 3 aromatic rings. The van der Waals surface area contributed by atoms with Crippen LogP contribution in [0.1, 0.15) is 5.56 Å². The van der Waals surface area contributed by atoms with Crippen LogP contribution in [0.2, 0.25) is 5.02 Å². The molecule has 0 aliphatic carbocycles. The van der Waals surface area contributed by atoms with E-state index < -0.39 is 4.92 Å². The van der Waals surface area contributed by atoms with E-state index in [1.165, 1.54) is 12.1 Å². The number of non-ortho nitro benzene ring substituents is 1. The van der Waals surface area contributed by atoms with Crippen molar-refractivity contribution < 1.29 is 4.92 Å². The van der Waals surface area contributed by atoms with Crippen LogP contribution < -0.4 is 0 Å². The van der Waals surface area contributed by atoms with Crippen LogP contribution in [0.25, 0.3) is 10.9 Å². The molecule has 0 saturated carbocycles. The zero-order valence-corrected chi connectivity index (χ0v) is 11.1. The van der Waals surface area contributed by atoms with Crippen LogP contribution in [0.15, 0.2) is 48.7 Å². The predicted molar refractivity (Wildman–Crippen MR) is 76.9 cm³/mol.